The molecule has 0 saturated heterocycles. The molecule has 0 saturated carbocycles. The van der Waals surface area contributed by atoms with E-state index in [0.717, 1.165) is 49.7 Å². The van der Waals surface area contributed by atoms with Crippen LogP contribution >= 0.6 is 0 Å². The second-order valence-corrected chi connectivity index (χ2v) is 8.24. The maximum absolute atomic E-state index is 9.84. The number of likely N-dealkylation sites (N-methyl/N-ethyl adjacent to an activating group) is 1. The lowest BCUT2D eigenvalue weighted by molar-refractivity contribution is 0.199. The van der Waals surface area contributed by atoms with Crippen LogP contribution in [0.4, 0.5) is 11.8 Å². The smallest absolute Gasteiger partial charge is 0.224 e. The predicted octanol–water partition coefficient (Wildman–Crippen LogP) is 3.19. The van der Waals surface area contributed by atoms with Gasteiger partial charge < -0.3 is 20.2 Å². The molecule has 2 aromatic rings. The molecule has 6 nitrogen and oxygen atoms in total. The van der Waals surface area contributed by atoms with Crippen molar-refractivity contribution in [1.29, 1.82) is 0 Å². The third-order valence-corrected chi connectivity index (χ3v) is 5.22. The Labute approximate surface area is 168 Å². The summed E-state index contributed by atoms with van der Waals surface area (Å²) in [6, 6.07) is 8.44. The second kappa shape index (κ2) is 8.88. The summed E-state index contributed by atoms with van der Waals surface area (Å²) in [6.45, 7) is 9.66. The van der Waals surface area contributed by atoms with Crippen LogP contribution in [-0.2, 0) is 13.0 Å². The van der Waals surface area contributed by atoms with Gasteiger partial charge in [-0.3, -0.25) is 0 Å². The van der Waals surface area contributed by atoms with Gasteiger partial charge in [0, 0.05) is 32.2 Å². The van der Waals surface area contributed by atoms with E-state index in [-0.39, 0.29) is 0 Å². The van der Waals surface area contributed by atoms with Crippen molar-refractivity contribution in [2.24, 2.45) is 0 Å². The van der Waals surface area contributed by atoms with Crippen molar-refractivity contribution in [3.63, 3.8) is 0 Å². The molecule has 0 spiro atoms. The van der Waals surface area contributed by atoms with E-state index in [9.17, 15) is 5.11 Å². The van der Waals surface area contributed by atoms with E-state index in [0.29, 0.717) is 11.9 Å². The van der Waals surface area contributed by atoms with Gasteiger partial charge in [0.1, 0.15) is 5.82 Å². The number of fused-ring (bicyclic) bond motifs is 1. The van der Waals surface area contributed by atoms with Crippen molar-refractivity contribution in [2.45, 2.75) is 45.8 Å². The van der Waals surface area contributed by atoms with Crippen molar-refractivity contribution in [3.8, 4) is 0 Å². The van der Waals surface area contributed by atoms with Gasteiger partial charge in [-0.15, -0.1) is 0 Å². The van der Waals surface area contributed by atoms with E-state index in [1.807, 2.05) is 13.0 Å². The van der Waals surface area contributed by atoms with Crippen molar-refractivity contribution in [2.75, 3.05) is 43.9 Å². The number of anilines is 2. The maximum atomic E-state index is 9.84. The Morgan fingerprint density at radius 3 is 2.61 bits per heavy atom. The molecule has 1 atom stereocenters. The third kappa shape index (κ3) is 5.00. The Hall–Kier alpha value is -2.18. The first-order chi connectivity index (χ1) is 13.3. The Morgan fingerprint density at radius 1 is 1.14 bits per heavy atom. The zero-order valence-corrected chi connectivity index (χ0v) is 17.7. The number of hydrogen-bond donors (Lipinski definition) is 2. The summed E-state index contributed by atoms with van der Waals surface area (Å²) in [7, 11) is 4.12. The number of hydrogen-bond acceptors (Lipinski definition) is 6. The van der Waals surface area contributed by atoms with E-state index in [1.165, 1.54) is 11.1 Å². The summed E-state index contributed by atoms with van der Waals surface area (Å²) in [5, 5.41) is 13.2. The van der Waals surface area contributed by atoms with Gasteiger partial charge >= 0.3 is 0 Å². The number of aliphatic hydroxyl groups is 1. The van der Waals surface area contributed by atoms with Gasteiger partial charge in [0.15, 0.2) is 0 Å². The summed E-state index contributed by atoms with van der Waals surface area (Å²) in [5.74, 6) is 2.04. The first kappa shape index (κ1) is 20.6. The van der Waals surface area contributed by atoms with Crippen LogP contribution in [-0.4, -0.2) is 53.7 Å². The molecule has 28 heavy (non-hydrogen) atoms. The Bertz CT molecular complexity index is 804. The molecule has 3 rings (SSSR count). The molecule has 1 aliphatic heterocycles. The Kier molecular flexibility index (Phi) is 6.52. The lowest BCUT2D eigenvalue weighted by Crippen LogP contribution is -2.31. The van der Waals surface area contributed by atoms with E-state index in [4.69, 9.17) is 9.97 Å². The Balaban J connectivity index is 1.81. The normalized spacial score (nSPS) is 15.1. The van der Waals surface area contributed by atoms with E-state index in [1.54, 1.807) is 0 Å². The molecule has 1 aromatic heterocycles. The average Bonchev–Trinajstić information content (AvgIpc) is 2.66. The molecule has 1 aliphatic rings. The molecular weight excluding hydrogens is 350 g/mol. The molecule has 0 radical (unpaired) electrons. The largest absolute Gasteiger partial charge is 0.389 e. The number of rotatable bonds is 7. The summed E-state index contributed by atoms with van der Waals surface area (Å²) >= 11 is 0. The van der Waals surface area contributed by atoms with Gasteiger partial charge in [0.2, 0.25) is 5.95 Å². The highest BCUT2D eigenvalue weighted by Crippen LogP contribution is 2.28. The van der Waals surface area contributed by atoms with Gasteiger partial charge in [-0.2, -0.15) is 4.98 Å². The van der Waals surface area contributed by atoms with Crippen LogP contribution in [0.1, 0.15) is 55.2 Å². The topological polar surface area (TPSA) is 64.5 Å². The summed E-state index contributed by atoms with van der Waals surface area (Å²) in [4.78, 5) is 14.0. The van der Waals surface area contributed by atoms with Crippen LogP contribution in [0.3, 0.4) is 0 Å². The molecule has 0 amide bonds. The van der Waals surface area contributed by atoms with E-state index in [2.05, 4.69) is 61.3 Å². The van der Waals surface area contributed by atoms with Gasteiger partial charge in [-0.1, -0.05) is 32.0 Å². The molecule has 0 unspecified atom stereocenters. The number of nitrogens with zero attached hydrogens (tertiary/aromatic N) is 4. The second-order valence-electron chi connectivity index (χ2n) is 8.24. The van der Waals surface area contributed by atoms with Crippen LogP contribution in [0.15, 0.2) is 24.3 Å². The lowest BCUT2D eigenvalue weighted by Gasteiger charge is -2.31. The minimum Gasteiger partial charge on any atom is -0.389 e. The maximum Gasteiger partial charge on any atom is 0.224 e. The van der Waals surface area contributed by atoms with Crippen LogP contribution < -0.4 is 10.2 Å². The fourth-order valence-electron chi connectivity index (χ4n) is 3.41. The number of nitrogens with one attached hydrogen (secondary N) is 1. The van der Waals surface area contributed by atoms with Crippen LogP contribution in [0.2, 0.25) is 0 Å². The minimum atomic E-state index is -0.422. The SMILES string of the molecule is CC(C)c1cc(N2CCc3cc([C@H](C)O)ccc3C2)nc(NCCN(C)C)n1. The monoisotopic (exact) mass is 383 g/mol. The van der Waals surface area contributed by atoms with Gasteiger partial charge in [0.05, 0.1) is 11.8 Å². The number of benzene rings is 1. The molecule has 1 aromatic carbocycles. The van der Waals surface area contributed by atoms with Crippen LogP contribution in [0.25, 0.3) is 0 Å². The van der Waals surface area contributed by atoms with Gasteiger partial charge in [-0.05, 0) is 50.0 Å². The minimum absolute atomic E-state index is 0.349. The highest BCUT2D eigenvalue weighted by atomic mass is 16.3. The fraction of sp³-hybridized carbons (Fsp3) is 0.545. The molecule has 0 aliphatic carbocycles. The summed E-state index contributed by atoms with van der Waals surface area (Å²) in [6.07, 6.45) is 0.537. The highest BCUT2D eigenvalue weighted by Gasteiger charge is 2.20. The van der Waals surface area contributed by atoms with Gasteiger partial charge in [0.25, 0.3) is 0 Å². The Morgan fingerprint density at radius 2 is 1.93 bits per heavy atom. The van der Waals surface area contributed by atoms with Crippen molar-refractivity contribution < 1.29 is 5.11 Å². The van der Waals surface area contributed by atoms with E-state index >= 15 is 0 Å². The zero-order valence-electron chi connectivity index (χ0n) is 17.7. The summed E-state index contributed by atoms with van der Waals surface area (Å²) in [5.41, 5.74) is 4.69. The van der Waals surface area contributed by atoms with Crippen molar-refractivity contribution in [3.05, 3.63) is 46.6 Å². The molecular formula is C22H33N5O. The van der Waals surface area contributed by atoms with Crippen LogP contribution in [0, 0.1) is 0 Å². The molecule has 6 heteroatoms. The number of aromatic nitrogens is 2. The first-order valence-electron chi connectivity index (χ1n) is 10.2. The third-order valence-electron chi connectivity index (χ3n) is 5.22. The number of aliphatic hydroxyl groups excluding tert-OH is 1. The van der Waals surface area contributed by atoms with Crippen LogP contribution in [0.5, 0.6) is 0 Å². The van der Waals surface area contributed by atoms with Gasteiger partial charge in [-0.25, -0.2) is 4.98 Å². The standard InChI is InChI=1S/C22H33N5O/c1-15(2)20-13-21(25-22(24-20)23-9-11-26(4)5)27-10-8-18-12-17(16(3)28)6-7-19(18)14-27/h6-7,12-13,15-16,28H,8-11,14H2,1-5H3,(H,23,24,25)/t16-/m0/s1. The summed E-state index contributed by atoms with van der Waals surface area (Å²) < 4.78 is 0. The lowest BCUT2D eigenvalue weighted by atomic mass is 9.95. The molecule has 2 N–H and O–H groups in total. The predicted molar refractivity (Wildman–Crippen MR) is 115 cm³/mol. The molecule has 152 valence electrons. The van der Waals surface area contributed by atoms with Crippen molar-refractivity contribution >= 4 is 11.8 Å². The average molecular weight is 384 g/mol. The first-order valence-corrected chi connectivity index (χ1v) is 10.2. The molecule has 0 fully saturated rings. The highest BCUT2D eigenvalue weighted by molar-refractivity contribution is 5.49. The fourth-order valence-corrected chi connectivity index (χ4v) is 3.41. The molecule has 2 heterocycles. The van der Waals surface area contributed by atoms with Crippen molar-refractivity contribution in [1.82, 2.24) is 14.9 Å². The quantitative estimate of drug-likeness (QED) is 0.766. The zero-order chi connectivity index (χ0) is 20.3. The van der Waals surface area contributed by atoms with E-state index < -0.39 is 6.10 Å². The molecule has 0 bridgehead atoms.